The number of piperidine rings is 1. The van der Waals surface area contributed by atoms with Crippen LogP contribution < -0.4 is 10.1 Å². The Morgan fingerprint density at radius 1 is 1.05 bits per heavy atom. The second-order valence-electron chi connectivity index (χ2n) is 11.1. The standard InChI is InChI=1S/C31H41ClN2O2.ClH/c1-22-18-28(36-17-14-26-7-2-3-15-33-26)12-13-29(22)24-10-11-25(30(32)21-24)19-23-6-4-8-27(20-23)34-16-5-9-31(34)35;/h10-13,18,21,23,26-27,33H,2-9,14-17,19-20H2,1H3;1H. The fraction of sp³-hybridized carbons (Fsp3) is 0.581. The van der Waals surface area contributed by atoms with Crippen molar-refractivity contribution in [2.75, 3.05) is 19.7 Å². The summed E-state index contributed by atoms with van der Waals surface area (Å²) in [7, 11) is 0. The monoisotopic (exact) mass is 544 g/mol. The fourth-order valence-corrected chi connectivity index (χ4v) is 6.77. The quantitative estimate of drug-likeness (QED) is 0.377. The maximum Gasteiger partial charge on any atom is 0.222 e. The number of ether oxygens (including phenoxy) is 1. The first-order chi connectivity index (χ1) is 17.6. The third kappa shape index (κ3) is 7.22. The molecule has 1 amide bonds. The van der Waals surface area contributed by atoms with Gasteiger partial charge in [0.05, 0.1) is 6.61 Å². The Morgan fingerprint density at radius 3 is 2.68 bits per heavy atom. The number of carbonyl (C=O) groups excluding carboxylic acids is 1. The molecule has 3 aliphatic rings. The Morgan fingerprint density at radius 2 is 1.95 bits per heavy atom. The highest BCUT2D eigenvalue weighted by Crippen LogP contribution is 2.35. The summed E-state index contributed by atoms with van der Waals surface area (Å²) in [5, 5.41) is 4.44. The number of hydrogen-bond acceptors (Lipinski definition) is 3. The molecule has 0 spiro atoms. The number of halogens is 2. The number of nitrogens with zero attached hydrogens (tertiary/aromatic N) is 1. The van der Waals surface area contributed by atoms with Crippen LogP contribution in [0.15, 0.2) is 36.4 Å². The van der Waals surface area contributed by atoms with Crippen LogP contribution in [0.25, 0.3) is 11.1 Å². The molecule has 3 unspecified atom stereocenters. The molecule has 2 heterocycles. The number of carbonyl (C=O) groups is 1. The predicted molar refractivity (Wildman–Crippen MR) is 155 cm³/mol. The molecule has 6 heteroatoms. The van der Waals surface area contributed by atoms with Crippen LogP contribution in [0, 0.1) is 12.8 Å². The molecular formula is C31H42Cl2N2O2. The molecule has 0 radical (unpaired) electrons. The zero-order valence-corrected chi connectivity index (χ0v) is 23.7. The van der Waals surface area contributed by atoms with Crippen LogP contribution in [0.5, 0.6) is 5.75 Å². The van der Waals surface area contributed by atoms with E-state index in [1.807, 2.05) is 0 Å². The third-order valence-corrected chi connectivity index (χ3v) is 8.88. The first-order valence-electron chi connectivity index (χ1n) is 14.1. The number of nitrogens with one attached hydrogen (secondary N) is 1. The summed E-state index contributed by atoms with van der Waals surface area (Å²) in [6, 6.07) is 14.0. The van der Waals surface area contributed by atoms with Crippen molar-refractivity contribution in [3.8, 4) is 16.9 Å². The minimum Gasteiger partial charge on any atom is -0.494 e. The lowest BCUT2D eigenvalue weighted by Gasteiger charge is -2.35. The fourth-order valence-electron chi connectivity index (χ4n) is 6.52. The van der Waals surface area contributed by atoms with Crippen molar-refractivity contribution in [3.05, 3.63) is 52.5 Å². The summed E-state index contributed by atoms with van der Waals surface area (Å²) in [6.07, 6.45) is 12.4. The van der Waals surface area contributed by atoms with Gasteiger partial charge in [-0.1, -0.05) is 42.6 Å². The third-order valence-electron chi connectivity index (χ3n) is 8.52. The first-order valence-corrected chi connectivity index (χ1v) is 14.5. The summed E-state index contributed by atoms with van der Waals surface area (Å²) in [5.74, 6) is 1.90. The molecule has 2 aromatic rings. The highest BCUT2D eigenvalue weighted by Gasteiger charge is 2.32. The molecule has 3 atom stereocenters. The van der Waals surface area contributed by atoms with E-state index in [4.69, 9.17) is 16.3 Å². The molecular weight excluding hydrogens is 503 g/mol. The molecule has 0 bridgehead atoms. The molecule has 1 aliphatic carbocycles. The smallest absolute Gasteiger partial charge is 0.222 e. The van der Waals surface area contributed by atoms with Gasteiger partial charge in [-0.05, 0) is 111 Å². The number of benzene rings is 2. The van der Waals surface area contributed by atoms with Crippen LogP contribution in [0.4, 0.5) is 0 Å². The van der Waals surface area contributed by atoms with Crippen molar-refractivity contribution >= 4 is 29.9 Å². The van der Waals surface area contributed by atoms with E-state index in [-0.39, 0.29) is 12.4 Å². The summed E-state index contributed by atoms with van der Waals surface area (Å²) >= 11 is 6.82. The number of rotatable bonds is 8. The molecule has 1 saturated carbocycles. The Hall–Kier alpha value is -1.75. The van der Waals surface area contributed by atoms with Crippen molar-refractivity contribution in [3.63, 3.8) is 0 Å². The largest absolute Gasteiger partial charge is 0.494 e. The van der Waals surface area contributed by atoms with Crippen molar-refractivity contribution in [2.24, 2.45) is 5.92 Å². The molecule has 2 aliphatic heterocycles. The summed E-state index contributed by atoms with van der Waals surface area (Å²) in [5.41, 5.74) is 4.80. The molecule has 3 fully saturated rings. The molecule has 0 aromatic heterocycles. The van der Waals surface area contributed by atoms with Gasteiger partial charge in [0, 0.05) is 30.1 Å². The van der Waals surface area contributed by atoms with Gasteiger partial charge in [-0.25, -0.2) is 0 Å². The van der Waals surface area contributed by atoms with Gasteiger partial charge in [0.25, 0.3) is 0 Å². The van der Waals surface area contributed by atoms with Gasteiger partial charge in [-0.2, -0.15) is 0 Å². The second-order valence-corrected chi connectivity index (χ2v) is 11.6. The number of likely N-dealkylation sites (tertiary alicyclic amines) is 1. The molecule has 37 heavy (non-hydrogen) atoms. The van der Waals surface area contributed by atoms with E-state index in [0.29, 0.717) is 23.9 Å². The Labute approximate surface area is 233 Å². The molecule has 5 rings (SSSR count). The first kappa shape index (κ1) is 28.3. The summed E-state index contributed by atoms with van der Waals surface area (Å²) < 4.78 is 6.07. The van der Waals surface area contributed by atoms with E-state index in [1.165, 1.54) is 48.8 Å². The predicted octanol–water partition coefficient (Wildman–Crippen LogP) is 7.37. The van der Waals surface area contributed by atoms with Gasteiger partial charge < -0.3 is 15.0 Å². The zero-order valence-electron chi connectivity index (χ0n) is 22.1. The highest BCUT2D eigenvalue weighted by atomic mass is 35.5. The van der Waals surface area contributed by atoms with E-state index in [2.05, 4.69) is 53.5 Å². The van der Waals surface area contributed by atoms with Gasteiger partial charge in [-0.15, -0.1) is 12.4 Å². The van der Waals surface area contributed by atoms with Crippen LogP contribution >= 0.6 is 24.0 Å². The summed E-state index contributed by atoms with van der Waals surface area (Å²) in [4.78, 5) is 14.4. The minimum atomic E-state index is 0. The zero-order chi connectivity index (χ0) is 24.9. The van der Waals surface area contributed by atoms with Gasteiger partial charge in [0.2, 0.25) is 5.91 Å². The van der Waals surface area contributed by atoms with Crippen LogP contribution in [0.2, 0.25) is 5.02 Å². The molecule has 1 N–H and O–H groups in total. The van der Waals surface area contributed by atoms with Crippen LogP contribution in [0.3, 0.4) is 0 Å². The molecule has 4 nitrogen and oxygen atoms in total. The van der Waals surface area contributed by atoms with E-state index >= 15 is 0 Å². The second kappa shape index (κ2) is 13.4. The molecule has 2 saturated heterocycles. The molecule has 2 aromatic carbocycles. The Balaban J connectivity index is 0.00000320. The Kier molecular flexibility index (Phi) is 10.2. The number of aryl methyl sites for hydroxylation is 1. The number of hydrogen-bond donors (Lipinski definition) is 1. The average Bonchev–Trinajstić information content (AvgIpc) is 3.32. The molecule has 202 valence electrons. The van der Waals surface area contributed by atoms with Gasteiger partial charge >= 0.3 is 0 Å². The van der Waals surface area contributed by atoms with Crippen molar-refractivity contribution < 1.29 is 9.53 Å². The summed E-state index contributed by atoms with van der Waals surface area (Å²) in [6.45, 7) is 4.99. The number of amides is 1. The minimum absolute atomic E-state index is 0. The van der Waals surface area contributed by atoms with Crippen molar-refractivity contribution in [1.82, 2.24) is 10.2 Å². The highest BCUT2D eigenvalue weighted by molar-refractivity contribution is 6.31. The van der Waals surface area contributed by atoms with Gasteiger partial charge in [0.1, 0.15) is 5.75 Å². The Bertz CT molecular complexity index is 1050. The van der Waals surface area contributed by atoms with E-state index < -0.39 is 0 Å². The lowest BCUT2D eigenvalue weighted by molar-refractivity contribution is -0.130. The van der Waals surface area contributed by atoms with Gasteiger partial charge in [0.15, 0.2) is 0 Å². The van der Waals surface area contributed by atoms with E-state index in [9.17, 15) is 4.79 Å². The van der Waals surface area contributed by atoms with Gasteiger partial charge in [-0.3, -0.25) is 4.79 Å². The van der Waals surface area contributed by atoms with Crippen LogP contribution in [-0.4, -0.2) is 42.6 Å². The lowest BCUT2D eigenvalue weighted by Crippen LogP contribution is -2.39. The maximum atomic E-state index is 12.2. The topological polar surface area (TPSA) is 41.6 Å². The lowest BCUT2D eigenvalue weighted by atomic mass is 9.81. The van der Waals surface area contributed by atoms with E-state index in [0.717, 1.165) is 74.6 Å². The van der Waals surface area contributed by atoms with Crippen molar-refractivity contribution in [2.45, 2.75) is 89.6 Å². The van der Waals surface area contributed by atoms with Crippen LogP contribution in [0.1, 0.15) is 75.3 Å². The normalized spacial score (nSPS) is 24.1. The SMILES string of the molecule is Cc1cc(OCCC2CCCCN2)ccc1-c1ccc(CC2CCCC(N3CCCC3=O)C2)c(Cl)c1.Cl. The van der Waals surface area contributed by atoms with E-state index in [1.54, 1.807) is 0 Å². The maximum absolute atomic E-state index is 12.2. The van der Waals surface area contributed by atoms with Crippen molar-refractivity contribution in [1.29, 1.82) is 0 Å². The average molecular weight is 546 g/mol. The van der Waals surface area contributed by atoms with Crippen LogP contribution in [-0.2, 0) is 11.2 Å².